The molecule has 12 nitrogen and oxygen atoms in total. The molecule has 0 radical (unpaired) electrons. The van der Waals surface area contributed by atoms with Gasteiger partial charge in [0.1, 0.15) is 12.4 Å². The zero-order valence-electron chi connectivity index (χ0n) is 20.9. The molecule has 6 rings (SSSR count). The number of rotatable bonds is 7. The van der Waals surface area contributed by atoms with Gasteiger partial charge in [0.25, 0.3) is 0 Å². The van der Waals surface area contributed by atoms with E-state index in [2.05, 4.69) is 25.9 Å². The molecular formula is C26H24ClN9O3. The number of amides is 1. The summed E-state index contributed by atoms with van der Waals surface area (Å²) in [6, 6.07) is 20.0. The normalized spacial score (nSPS) is 15.0. The maximum absolute atomic E-state index is 13.6. The monoisotopic (exact) mass is 545 g/mol. The lowest BCUT2D eigenvalue weighted by Gasteiger charge is -2.38. The van der Waals surface area contributed by atoms with Gasteiger partial charge >= 0.3 is 0 Å². The van der Waals surface area contributed by atoms with Crippen molar-refractivity contribution in [1.29, 1.82) is 0 Å². The van der Waals surface area contributed by atoms with Gasteiger partial charge in [0.05, 0.1) is 16.9 Å². The van der Waals surface area contributed by atoms with Crippen LogP contribution in [0.15, 0.2) is 79.3 Å². The number of hydrogen-bond donors (Lipinski definition) is 1. The molecule has 0 spiro atoms. The lowest BCUT2D eigenvalue weighted by atomic mass is 10.0. The minimum Gasteiger partial charge on any atom is -0.325 e. The van der Waals surface area contributed by atoms with Gasteiger partial charge in [-0.3, -0.25) is 19.2 Å². The van der Waals surface area contributed by atoms with Crippen molar-refractivity contribution in [3.8, 4) is 5.69 Å². The van der Waals surface area contributed by atoms with Crippen molar-refractivity contribution in [1.82, 2.24) is 35.1 Å². The Bertz CT molecular complexity index is 1590. The van der Waals surface area contributed by atoms with E-state index in [0.29, 0.717) is 28.5 Å². The summed E-state index contributed by atoms with van der Waals surface area (Å²) >= 11 is 6.27. The maximum atomic E-state index is 13.6. The third-order valence-corrected chi connectivity index (χ3v) is 6.53. The van der Waals surface area contributed by atoms with Gasteiger partial charge in [0.15, 0.2) is 13.5 Å². The number of nitrogens with one attached hydrogen (secondary N) is 1. The first-order valence-corrected chi connectivity index (χ1v) is 12.5. The van der Waals surface area contributed by atoms with E-state index in [4.69, 9.17) is 21.3 Å². The number of anilines is 2. The van der Waals surface area contributed by atoms with E-state index in [1.54, 1.807) is 33.0 Å². The van der Waals surface area contributed by atoms with E-state index in [1.165, 1.54) is 11.0 Å². The number of hydroxylamine groups is 3. The Morgan fingerprint density at radius 1 is 1.05 bits per heavy atom. The van der Waals surface area contributed by atoms with Crippen molar-refractivity contribution >= 4 is 39.8 Å². The molecule has 1 saturated heterocycles. The summed E-state index contributed by atoms with van der Waals surface area (Å²) in [5.74, 6) is -0.226. The summed E-state index contributed by atoms with van der Waals surface area (Å²) in [6.45, 7) is 0.00377. The minimum absolute atomic E-state index is 0.00583. The van der Waals surface area contributed by atoms with Crippen molar-refractivity contribution in [3.63, 3.8) is 0 Å². The minimum atomic E-state index is -0.669. The summed E-state index contributed by atoms with van der Waals surface area (Å²) < 4.78 is 3.25. The van der Waals surface area contributed by atoms with E-state index in [-0.39, 0.29) is 19.4 Å². The molecule has 1 aliphatic rings. The van der Waals surface area contributed by atoms with Gasteiger partial charge in [0.2, 0.25) is 5.91 Å². The van der Waals surface area contributed by atoms with Crippen LogP contribution in [-0.2, 0) is 27.9 Å². The Kier molecular flexibility index (Phi) is 6.90. The first kappa shape index (κ1) is 24.9. The summed E-state index contributed by atoms with van der Waals surface area (Å²) in [4.78, 5) is 25.7. The smallest absolute Gasteiger partial charge is 0.244 e. The van der Waals surface area contributed by atoms with Gasteiger partial charge in [-0.15, -0.1) is 10.2 Å². The lowest BCUT2D eigenvalue weighted by molar-refractivity contribution is -0.279. The number of tetrazole rings is 1. The highest BCUT2D eigenvalue weighted by molar-refractivity contribution is 6.31. The highest BCUT2D eigenvalue weighted by Gasteiger charge is 2.32. The number of fused-ring (bicyclic) bond motifs is 1. The van der Waals surface area contributed by atoms with Gasteiger partial charge in [-0.05, 0) is 58.8 Å². The molecule has 1 unspecified atom stereocenters. The molecule has 5 aromatic rings. The van der Waals surface area contributed by atoms with Crippen LogP contribution in [0, 0.1) is 0 Å². The van der Waals surface area contributed by atoms with Crippen LogP contribution in [0.25, 0.3) is 16.6 Å². The second kappa shape index (κ2) is 10.8. The highest BCUT2D eigenvalue weighted by Crippen LogP contribution is 2.30. The Balaban J connectivity index is 1.21. The fourth-order valence-electron chi connectivity index (χ4n) is 4.42. The van der Waals surface area contributed by atoms with Gasteiger partial charge in [-0.1, -0.05) is 41.9 Å². The van der Waals surface area contributed by atoms with Crippen LogP contribution >= 0.6 is 11.6 Å². The van der Waals surface area contributed by atoms with Gasteiger partial charge in [-0.25, -0.2) is 5.06 Å². The molecule has 1 atom stereocenters. The molecule has 1 N–H and O–H groups in total. The SMILES string of the molecule is Cn1cc2cc(NC(=O)C(Cc3ccccc3)N3CON(c4cc(Cl)ccc4-n4cnnn4)CO3)ccc2n1. The van der Waals surface area contributed by atoms with E-state index >= 15 is 0 Å². The van der Waals surface area contributed by atoms with E-state index in [0.717, 1.165) is 16.5 Å². The van der Waals surface area contributed by atoms with Crippen molar-refractivity contribution in [2.75, 3.05) is 23.8 Å². The van der Waals surface area contributed by atoms with Gasteiger partial charge in [-0.2, -0.15) is 9.78 Å². The largest absolute Gasteiger partial charge is 0.325 e. The average Bonchev–Trinajstić information content (AvgIpc) is 3.61. The zero-order valence-corrected chi connectivity index (χ0v) is 21.6. The fraction of sp³-hybridized carbons (Fsp3) is 0.192. The van der Waals surface area contributed by atoms with Crippen LogP contribution in [0.4, 0.5) is 11.4 Å². The third kappa shape index (κ3) is 5.45. The summed E-state index contributed by atoms with van der Waals surface area (Å²) in [7, 11) is 1.86. The molecule has 1 fully saturated rings. The molecular weight excluding hydrogens is 522 g/mol. The molecule has 2 aromatic heterocycles. The molecule has 3 aromatic carbocycles. The van der Waals surface area contributed by atoms with Crippen LogP contribution in [0.1, 0.15) is 5.56 Å². The van der Waals surface area contributed by atoms with E-state index in [1.807, 2.05) is 61.8 Å². The fourth-order valence-corrected chi connectivity index (χ4v) is 4.59. The predicted octanol–water partition coefficient (Wildman–Crippen LogP) is 3.35. The third-order valence-electron chi connectivity index (χ3n) is 6.29. The molecule has 13 heteroatoms. The van der Waals surface area contributed by atoms with Crippen LogP contribution in [0.2, 0.25) is 5.02 Å². The van der Waals surface area contributed by atoms with Crippen LogP contribution in [-0.4, -0.2) is 60.5 Å². The number of aromatic nitrogens is 6. The zero-order chi connectivity index (χ0) is 26.8. The quantitative estimate of drug-likeness (QED) is 0.328. The number of benzene rings is 3. The summed E-state index contributed by atoms with van der Waals surface area (Å²) in [5, 5.41) is 23.3. The van der Waals surface area contributed by atoms with Crippen molar-refractivity contribution in [2.45, 2.75) is 12.5 Å². The summed E-state index contributed by atoms with van der Waals surface area (Å²) in [5.41, 5.74) is 3.78. The van der Waals surface area contributed by atoms with Crippen molar-refractivity contribution in [3.05, 3.63) is 89.8 Å². The number of nitrogens with zero attached hydrogens (tertiary/aromatic N) is 8. The molecule has 0 aliphatic carbocycles. The standard InChI is InChI=1S/C26H24ClN9O3/c1-33-14-19-12-21(8-9-22(19)30-33)29-26(37)25(11-18-5-3-2-4-6-18)36-17-38-35(16-39-36)24-13-20(27)7-10-23(24)34-15-28-31-32-34/h2-10,12-15,25H,11,16-17H2,1H3,(H,29,37). The topological polar surface area (TPSA) is 115 Å². The highest BCUT2D eigenvalue weighted by atomic mass is 35.5. The van der Waals surface area contributed by atoms with Crippen LogP contribution in [0.5, 0.6) is 0 Å². The molecule has 39 heavy (non-hydrogen) atoms. The van der Waals surface area contributed by atoms with Crippen LogP contribution in [0.3, 0.4) is 0 Å². The first-order chi connectivity index (χ1) is 19.0. The number of carbonyl (C=O) groups is 1. The Morgan fingerprint density at radius 2 is 1.92 bits per heavy atom. The van der Waals surface area contributed by atoms with E-state index < -0.39 is 6.04 Å². The Hall–Kier alpha value is -4.36. The molecule has 0 saturated carbocycles. The molecule has 0 bridgehead atoms. The number of halogens is 1. The lowest BCUT2D eigenvalue weighted by Crippen LogP contribution is -2.52. The molecule has 1 amide bonds. The molecule has 198 valence electrons. The van der Waals surface area contributed by atoms with E-state index in [9.17, 15) is 4.79 Å². The second-order valence-corrected chi connectivity index (χ2v) is 9.41. The average molecular weight is 546 g/mol. The number of hydrogen-bond acceptors (Lipinski definition) is 9. The number of aryl methyl sites for hydroxylation is 1. The number of carbonyl (C=O) groups excluding carboxylic acids is 1. The predicted molar refractivity (Wildman–Crippen MR) is 144 cm³/mol. The Labute approximate surface area is 228 Å². The van der Waals surface area contributed by atoms with Crippen LogP contribution < -0.4 is 10.4 Å². The van der Waals surface area contributed by atoms with Crippen molar-refractivity contribution < 1.29 is 14.5 Å². The van der Waals surface area contributed by atoms with Gasteiger partial charge in [0, 0.05) is 29.3 Å². The van der Waals surface area contributed by atoms with Gasteiger partial charge < -0.3 is 5.32 Å². The summed E-state index contributed by atoms with van der Waals surface area (Å²) in [6.07, 6.45) is 3.80. The van der Waals surface area contributed by atoms with Crippen molar-refractivity contribution in [2.24, 2.45) is 7.05 Å². The molecule has 3 heterocycles. The maximum Gasteiger partial charge on any atom is 0.244 e. The first-order valence-electron chi connectivity index (χ1n) is 12.1. The molecule has 1 aliphatic heterocycles. The Morgan fingerprint density at radius 3 is 2.69 bits per heavy atom. The second-order valence-electron chi connectivity index (χ2n) is 8.97.